The lowest BCUT2D eigenvalue weighted by atomic mass is 10.3. The van der Waals surface area contributed by atoms with Crippen LogP contribution in [-0.4, -0.2) is 33.5 Å². The third kappa shape index (κ3) is 1.97. The van der Waals surface area contributed by atoms with E-state index in [9.17, 15) is 9.59 Å². The SMILES string of the molecule is COC(=O)c1csc(C(=O)n2cnc3ccccc32)n1. The second-order valence-corrected chi connectivity index (χ2v) is 4.80. The Hall–Kier alpha value is -2.54. The van der Waals surface area contributed by atoms with Crippen LogP contribution in [0, 0.1) is 0 Å². The number of methoxy groups -OCH3 is 1. The highest BCUT2D eigenvalue weighted by molar-refractivity contribution is 7.11. The predicted molar refractivity (Wildman–Crippen MR) is 72.9 cm³/mol. The Morgan fingerprint density at radius 2 is 2.10 bits per heavy atom. The average Bonchev–Trinajstić information content (AvgIpc) is 3.12. The van der Waals surface area contributed by atoms with E-state index in [2.05, 4.69) is 14.7 Å². The molecule has 0 unspecified atom stereocenters. The van der Waals surface area contributed by atoms with E-state index < -0.39 is 5.97 Å². The lowest BCUT2D eigenvalue weighted by molar-refractivity contribution is 0.0595. The van der Waals surface area contributed by atoms with E-state index in [0.29, 0.717) is 5.52 Å². The van der Waals surface area contributed by atoms with E-state index in [1.54, 1.807) is 6.07 Å². The topological polar surface area (TPSA) is 74.1 Å². The summed E-state index contributed by atoms with van der Waals surface area (Å²) in [6.07, 6.45) is 1.45. The van der Waals surface area contributed by atoms with Gasteiger partial charge in [-0.05, 0) is 12.1 Å². The molecule has 0 aliphatic heterocycles. The van der Waals surface area contributed by atoms with Crippen LogP contribution in [0.2, 0.25) is 0 Å². The minimum absolute atomic E-state index is 0.130. The minimum Gasteiger partial charge on any atom is -0.464 e. The monoisotopic (exact) mass is 287 g/mol. The number of rotatable bonds is 2. The average molecular weight is 287 g/mol. The molecule has 3 rings (SSSR count). The predicted octanol–water partition coefficient (Wildman–Crippen LogP) is 1.97. The van der Waals surface area contributed by atoms with Crippen LogP contribution in [0.15, 0.2) is 36.0 Å². The number of nitrogens with zero attached hydrogens (tertiary/aromatic N) is 3. The molecule has 0 bridgehead atoms. The van der Waals surface area contributed by atoms with Crippen LogP contribution in [0.3, 0.4) is 0 Å². The molecule has 0 amide bonds. The molecule has 6 nitrogen and oxygen atoms in total. The number of ether oxygens (including phenoxy) is 1. The molecule has 3 aromatic rings. The Morgan fingerprint density at radius 1 is 1.30 bits per heavy atom. The van der Waals surface area contributed by atoms with E-state index in [1.807, 2.05) is 18.2 Å². The van der Waals surface area contributed by atoms with Crippen molar-refractivity contribution in [2.45, 2.75) is 0 Å². The lowest BCUT2D eigenvalue weighted by Gasteiger charge is -1.99. The molecular weight excluding hydrogens is 278 g/mol. The number of hydrogen-bond donors (Lipinski definition) is 0. The van der Waals surface area contributed by atoms with Crippen LogP contribution in [-0.2, 0) is 4.74 Å². The third-order valence-electron chi connectivity index (χ3n) is 2.75. The second kappa shape index (κ2) is 4.86. The van der Waals surface area contributed by atoms with Crippen molar-refractivity contribution in [3.8, 4) is 0 Å². The molecule has 0 radical (unpaired) electrons. The summed E-state index contributed by atoms with van der Waals surface area (Å²) < 4.78 is 5.98. The zero-order valence-electron chi connectivity index (χ0n) is 10.4. The zero-order valence-corrected chi connectivity index (χ0v) is 11.3. The van der Waals surface area contributed by atoms with E-state index >= 15 is 0 Å². The molecule has 0 atom stereocenters. The molecule has 2 aromatic heterocycles. The molecule has 0 aliphatic rings. The summed E-state index contributed by atoms with van der Waals surface area (Å²) in [5, 5.41) is 1.71. The molecule has 0 saturated heterocycles. The largest absolute Gasteiger partial charge is 0.464 e. The Bertz CT molecular complexity index is 806. The van der Waals surface area contributed by atoms with Gasteiger partial charge < -0.3 is 4.74 Å². The van der Waals surface area contributed by atoms with Crippen LogP contribution in [0.1, 0.15) is 20.3 Å². The summed E-state index contributed by atoms with van der Waals surface area (Å²) in [6, 6.07) is 7.30. The molecule has 0 spiro atoms. The number of fused-ring (bicyclic) bond motifs is 1. The van der Waals surface area contributed by atoms with Gasteiger partial charge in [0.2, 0.25) is 0 Å². The van der Waals surface area contributed by atoms with Gasteiger partial charge in [-0.2, -0.15) is 0 Å². The fourth-order valence-corrected chi connectivity index (χ4v) is 2.52. The fraction of sp³-hybridized carbons (Fsp3) is 0.0769. The van der Waals surface area contributed by atoms with Crippen molar-refractivity contribution in [3.63, 3.8) is 0 Å². The van der Waals surface area contributed by atoms with E-state index in [4.69, 9.17) is 0 Å². The van der Waals surface area contributed by atoms with Gasteiger partial charge in [-0.25, -0.2) is 14.8 Å². The first-order chi connectivity index (χ1) is 9.70. The number of imidazole rings is 1. The van der Waals surface area contributed by atoms with Crippen molar-refractivity contribution in [1.82, 2.24) is 14.5 Å². The molecule has 0 aliphatic carbocycles. The zero-order chi connectivity index (χ0) is 14.1. The molecule has 2 heterocycles. The number of esters is 1. The molecule has 0 saturated carbocycles. The van der Waals surface area contributed by atoms with Crippen LogP contribution >= 0.6 is 11.3 Å². The standard InChI is InChI=1S/C13H9N3O3S/c1-19-13(18)9-6-20-11(15-9)12(17)16-7-14-8-4-2-3-5-10(8)16/h2-7H,1H3. The van der Waals surface area contributed by atoms with E-state index in [0.717, 1.165) is 16.9 Å². The van der Waals surface area contributed by atoms with Gasteiger partial charge in [-0.15, -0.1) is 11.3 Å². The van der Waals surface area contributed by atoms with Crippen molar-refractivity contribution < 1.29 is 14.3 Å². The molecule has 7 heteroatoms. The maximum Gasteiger partial charge on any atom is 0.357 e. The van der Waals surface area contributed by atoms with Crippen LogP contribution < -0.4 is 0 Å². The Morgan fingerprint density at radius 3 is 2.90 bits per heavy atom. The third-order valence-corrected chi connectivity index (χ3v) is 3.58. The Kier molecular flexibility index (Phi) is 3.03. The quantitative estimate of drug-likeness (QED) is 0.674. The number of carbonyl (C=O) groups is 2. The lowest BCUT2D eigenvalue weighted by Crippen LogP contribution is -2.11. The number of carbonyl (C=O) groups excluding carboxylic acids is 2. The first-order valence-electron chi connectivity index (χ1n) is 5.71. The number of thiazole rings is 1. The van der Waals surface area contributed by atoms with Gasteiger partial charge in [0.25, 0.3) is 5.91 Å². The van der Waals surface area contributed by atoms with Gasteiger partial charge in [0, 0.05) is 5.38 Å². The minimum atomic E-state index is -0.559. The number of benzene rings is 1. The summed E-state index contributed by atoms with van der Waals surface area (Å²) in [4.78, 5) is 31.8. The smallest absolute Gasteiger partial charge is 0.357 e. The molecule has 20 heavy (non-hydrogen) atoms. The van der Waals surface area contributed by atoms with Gasteiger partial charge in [0.1, 0.15) is 6.33 Å². The number of aromatic nitrogens is 3. The molecular formula is C13H9N3O3S. The summed E-state index contributed by atoms with van der Waals surface area (Å²) in [6.45, 7) is 0. The van der Waals surface area contributed by atoms with Crippen LogP contribution in [0.4, 0.5) is 0 Å². The second-order valence-electron chi connectivity index (χ2n) is 3.94. The summed E-state index contributed by atoms with van der Waals surface area (Å²) >= 11 is 1.10. The van der Waals surface area contributed by atoms with E-state index in [-0.39, 0.29) is 16.6 Å². The highest BCUT2D eigenvalue weighted by Crippen LogP contribution is 2.17. The van der Waals surface area contributed by atoms with Crippen molar-refractivity contribution in [1.29, 1.82) is 0 Å². The highest BCUT2D eigenvalue weighted by atomic mass is 32.1. The van der Waals surface area contributed by atoms with Crippen molar-refractivity contribution in [2.24, 2.45) is 0 Å². The molecule has 100 valence electrons. The summed E-state index contributed by atoms with van der Waals surface area (Å²) in [5.41, 5.74) is 1.56. The maximum atomic E-state index is 12.4. The summed E-state index contributed by atoms with van der Waals surface area (Å²) in [5.74, 6) is -0.880. The molecule has 0 N–H and O–H groups in total. The van der Waals surface area contributed by atoms with Gasteiger partial charge in [0.05, 0.1) is 18.1 Å². The first-order valence-corrected chi connectivity index (χ1v) is 6.59. The number of para-hydroxylation sites is 2. The van der Waals surface area contributed by atoms with Gasteiger partial charge >= 0.3 is 5.97 Å². The van der Waals surface area contributed by atoms with Gasteiger partial charge in [0.15, 0.2) is 10.7 Å². The highest BCUT2D eigenvalue weighted by Gasteiger charge is 2.18. The van der Waals surface area contributed by atoms with Crippen LogP contribution in [0.5, 0.6) is 0 Å². The Labute approximate surface area is 117 Å². The van der Waals surface area contributed by atoms with Gasteiger partial charge in [-0.1, -0.05) is 12.1 Å². The van der Waals surface area contributed by atoms with E-state index in [1.165, 1.54) is 23.4 Å². The fourth-order valence-electron chi connectivity index (χ4n) is 1.79. The Balaban J connectivity index is 2.00. The molecule has 0 fully saturated rings. The number of hydrogen-bond acceptors (Lipinski definition) is 6. The van der Waals surface area contributed by atoms with Gasteiger partial charge in [-0.3, -0.25) is 9.36 Å². The first kappa shape index (κ1) is 12.5. The maximum absolute atomic E-state index is 12.4. The van der Waals surface area contributed by atoms with Crippen molar-refractivity contribution >= 4 is 34.2 Å². The van der Waals surface area contributed by atoms with Crippen molar-refractivity contribution in [3.05, 3.63) is 46.7 Å². The normalized spacial score (nSPS) is 10.7. The van der Waals surface area contributed by atoms with Crippen molar-refractivity contribution in [2.75, 3.05) is 7.11 Å². The summed E-state index contributed by atoms with van der Waals surface area (Å²) in [7, 11) is 1.27. The molecule has 1 aromatic carbocycles. The van der Waals surface area contributed by atoms with Crippen LogP contribution in [0.25, 0.3) is 11.0 Å².